The Balaban J connectivity index is 1.86. The first-order chi connectivity index (χ1) is 12.8. The van der Waals surface area contributed by atoms with E-state index in [2.05, 4.69) is 5.32 Å². The van der Waals surface area contributed by atoms with E-state index in [-0.39, 0.29) is 18.1 Å². The maximum atomic E-state index is 13.0. The molecule has 1 saturated heterocycles. The molecule has 0 bridgehead atoms. The molecule has 0 spiro atoms. The second kappa shape index (κ2) is 9.36. The van der Waals surface area contributed by atoms with Gasteiger partial charge in [-0.2, -0.15) is 13.2 Å². The summed E-state index contributed by atoms with van der Waals surface area (Å²) < 4.78 is 38.9. The normalized spacial score (nSPS) is 16.2. The highest BCUT2D eigenvalue weighted by atomic mass is 19.4. The lowest BCUT2D eigenvalue weighted by Gasteiger charge is -2.33. The number of rotatable bonds is 5. The molecule has 1 aliphatic heterocycles. The summed E-state index contributed by atoms with van der Waals surface area (Å²) >= 11 is 0. The number of piperazine rings is 1. The van der Waals surface area contributed by atoms with Crippen LogP contribution in [0.1, 0.15) is 12.5 Å². The van der Waals surface area contributed by atoms with Crippen LogP contribution in [0.2, 0.25) is 0 Å². The number of halogens is 3. The highest BCUT2D eigenvalue weighted by Gasteiger charge is 2.33. The van der Waals surface area contributed by atoms with Gasteiger partial charge in [-0.25, -0.2) is 0 Å². The van der Waals surface area contributed by atoms with E-state index < -0.39 is 17.6 Å². The summed E-state index contributed by atoms with van der Waals surface area (Å²) in [5.41, 5.74) is -1.13. The van der Waals surface area contributed by atoms with Crippen LogP contribution in [0.3, 0.4) is 0 Å². The molecule has 1 heterocycles. The molecule has 1 aromatic carbocycles. The van der Waals surface area contributed by atoms with Gasteiger partial charge in [-0.05, 0) is 19.1 Å². The molecule has 146 valence electrons. The minimum atomic E-state index is -4.53. The highest BCUT2D eigenvalue weighted by molar-refractivity contribution is 5.93. The number of benzene rings is 1. The van der Waals surface area contributed by atoms with E-state index in [1.54, 1.807) is 17.1 Å². The Morgan fingerprint density at radius 1 is 1.11 bits per heavy atom. The van der Waals surface area contributed by atoms with E-state index in [0.29, 0.717) is 26.2 Å². The first-order valence-electron chi connectivity index (χ1n) is 8.58. The van der Waals surface area contributed by atoms with Crippen LogP contribution in [-0.4, -0.2) is 54.3 Å². The fourth-order valence-corrected chi connectivity index (χ4v) is 2.71. The zero-order valence-corrected chi connectivity index (χ0v) is 15.0. The zero-order chi connectivity index (χ0) is 19.9. The number of hydrogen-bond acceptors (Lipinski definition) is 3. The van der Waals surface area contributed by atoms with Crippen molar-refractivity contribution in [1.29, 1.82) is 0 Å². The van der Waals surface area contributed by atoms with Gasteiger partial charge < -0.3 is 10.2 Å². The molecule has 0 saturated carbocycles. The third-order valence-corrected chi connectivity index (χ3v) is 4.10. The van der Waals surface area contributed by atoms with E-state index in [0.717, 1.165) is 6.07 Å². The fourth-order valence-electron chi connectivity index (χ4n) is 2.71. The molecule has 2 rings (SSSR count). The maximum Gasteiger partial charge on any atom is 0.418 e. The van der Waals surface area contributed by atoms with Gasteiger partial charge in [0.05, 0.1) is 17.8 Å². The molecule has 8 heteroatoms. The summed E-state index contributed by atoms with van der Waals surface area (Å²) in [6, 6.07) is 4.88. The van der Waals surface area contributed by atoms with Crippen molar-refractivity contribution in [1.82, 2.24) is 9.80 Å². The Morgan fingerprint density at radius 2 is 1.78 bits per heavy atom. The molecule has 1 aliphatic rings. The number of carbonyl (C=O) groups excluding carboxylic acids is 2. The summed E-state index contributed by atoms with van der Waals surface area (Å²) in [5.74, 6) is -0.615. The SMILES string of the molecule is CC=CC=CC(=O)N1CCN(CC(=O)Nc2ccccc2C(F)(F)F)CC1. The summed E-state index contributed by atoms with van der Waals surface area (Å²) in [6.45, 7) is 3.72. The number of alkyl halides is 3. The second-order valence-corrected chi connectivity index (χ2v) is 6.08. The van der Waals surface area contributed by atoms with Crippen molar-refractivity contribution in [3.63, 3.8) is 0 Å². The van der Waals surface area contributed by atoms with E-state index in [1.807, 2.05) is 17.9 Å². The molecular formula is C19H22F3N3O2. The number of amides is 2. The summed E-state index contributed by atoms with van der Waals surface area (Å²) in [5, 5.41) is 2.33. The molecular weight excluding hydrogens is 359 g/mol. The van der Waals surface area contributed by atoms with E-state index in [4.69, 9.17) is 0 Å². The smallest absolute Gasteiger partial charge is 0.337 e. The van der Waals surface area contributed by atoms with E-state index >= 15 is 0 Å². The van der Waals surface area contributed by atoms with Crippen molar-refractivity contribution in [2.45, 2.75) is 13.1 Å². The summed E-state index contributed by atoms with van der Waals surface area (Å²) in [6.07, 6.45) is 2.20. The molecule has 0 aliphatic carbocycles. The Bertz CT molecular complexity index is 721. The third-order valence-electron chi connectivity index (χ3n) is 4.10. The minimum Gasteiger partial charge on any atom is -0.337 e. The molecule has 1 aromatic rings. The van der Waals surface area contributed by atoms with Gasteiger partial charge >= 0.3 is 6.18 Å². The standard InChI is InChI=1S/C19H22F3N3O2/c1-2-3-4-9-18(27)25-12-10-24(11-13-25)14-17(26)23-16-8-6-5-7-15(16)19(20,21)22/h2-9H,10-14H2,1H3,(H,23,26). The molecule has 0 atom stereocenters. The van der Waals surface area contributed by atoms with Gasteiger partial charge in [0.15, 0.2) is 0 Å². The Labute approximate surface area is 156 Å². The highest BCUT2D eigenvalue weighted by Crippen LogP contribution is 2.34. The van der Waals surface area contributed by atoms with Crippen molar-refractivity contribution in [2.24, 2.45) is 0 Å². The molecule has 1 fully saturated rings. The van der Waals surface area contributed by atoms with E-state index in [9.17, 15) is 22.8 Å². The van der Waals surface area contributed by atoms with Crippen LogP contribution in [0, 0.1) is 0 Å². The first kappa shape index (κ1) is 20.7. The van der Waals surface area contributed by atoms with Crippen LogP contribution in [0.15, 0.2) is 48.6 Å². The molecule has 0 radical (unpaired) electrons. The largest absolute Gasteiger partial charge is 0.418 e. The predicted octanol–water partition coefficient (Wildman–Crippen LogP) is 2.92. The van der Waals surface area contributed by atoms with Gasteiger partial charge in [0.25, 0.3) is 0 Å². The quantitative estimate of drug-likeness (QED) is 0.630. The minimum absolute atomic E-state index is 0.0252. The van der Waals surface area contributed by atoms with Gasteiger partial charge in [0.2, 0.25) is 11.8 Å². The summed E-state index contributed by atoms with van der Waals surface area (Å²) in [4.78, 5) is 27.6. The lowest BCUT2D eigenvalue weighted by Crippen LogP contribution is -2.50. The number of allylic oxidation sites excluding steroid dienone is 3. The second-order valence-electron chi connectivity index (χ2n) is 6.08. The molecule has 27 heavy (non-hydrogen) atoms. The van der Waals surface area contributed by atoms with Crippen molar-refractivity contribution in [3.8, 4) is 0 Å². The van der Waals surface area contributed by atoms with Crippen LogP contribution in [0.4, 0.5) is 18.9 Å². The van der Waals surface area contributed by atoms with Gasteiger partial charge in [-0.1, -0.05) is 30.4 Å². The van der Waals surface area contributed by atoms with Crippen LogP contribution in [0.25, 0.3) is 0 Å². The molecule has 2 amide bonds. The monoisotopic (exact) mass is 381 g/mol. The average molecular weight is 381 g/mol. The Kier molecular flexibility index (Phi) is 7.18. The topological polar surface area (TPSA) is 52.7 Å². The summed E-state index contributed by atoms with van der Waals surface area (Å²) in [7, 11) is 0. The first-order valence-corrected chi connectivity index (χ1v) is 8.58. The number of hydrogen-bond donors (Lipinski definition) is 1. The molecule has 1 N–H and O–H groups in total. The van der Waals surface area contributed by atoms with Crippen LogP contribution < -0.4 is 5.32 Å². The number of anilines is 1. The van der Waals surface area contributed by atoms with Crippen molar-refractivity contribution < 1.29 is 22.8 Å². The Hall–Kier alpha value is -2.61. The lowest BCUT2D eigenvalue weighted by molar-refractivity contribution is -0.137. The van der Waals surface area contributed by atoms with E-state index in [1.165, 1.54) is 24.3 Å². The number of nitrogens with zero attached hydrogens (tertiary/aromatic N) is 2. The molecule has 0 aromatic heterocycles. The van der Waals surface area contributed by atoms with Crippen molar-refractivity contribution in [2.75, 3.05) is 38.0 Å². The maximum absolute atomic E-state index is 13.0. The van der Waals surface area contributed by atoms with Gasteiger partial charge in [0, 0.05) is 32.3 Å². The average Bonchev–Trinajstić information content (AvgIpc) is 2.62. The fraction of sp³-hybridized carbons (Fsp3) is 0.368. The van der Waals surface area contributed by atoms with Gasteiger partial charge in [0.1, 0.15) is 0 Å². The van der Waals surface area contributed by atoms with Crippen molar-refractivity contribution >= 4 is 17.5 Å². The number of para-hydroxylation sites is 1. The van der Waals surface area contributed by atoms with Crippen LogP contribution in [-0.2, 0) is 15.8 Å². The van der Waals surface area contributed by atoms with Crippen LogP contribution in [0.5, 0.6) is 0 Å². The van der Waals surface area contributed by atoms with Gasteiger partial charge in [-0.15, -0.1) is 0 Å². The van der Waals surface area contributed by atoms with Crippen LogP contribution >= 0.6 is 0 Å². The zero-order valence-electron chi connectivity index (χ0n) is 15.0. The lowest BCUT2D eigenvalue weighted by atomic mass is 10.1. The molecule has 5 nitrogen and oxygen atoms in total. The third kappa shape index (κ3) is 6.25. The van der Waals surface area contributed by atoms with Gasteiger partial charge in [-0.3, -0.25) is 14.5 Å². The number of nitrogens with one attached hydrogen (secondary N) is 1. The Morgan fingerprint density at radius 3 is 2.41 bits per heavy atom. The predicted molar refractivity (Wildman–Crippen MR) is 97.0 cm³/mol. The van der Waals surface area contributed by atoms with Crippen molar-refractivity contribution in [3.05, 3.63) is 54.1 Å². The number of carbonyl (C=O) groups is 2. The molecule has 0 unspecified atom stereocenters.